The minimum Gasteiger partial charge on any atom is -0.481 e. The van der Waals surface area contributed by atoms with Crippen LogP contribution in [0.2, 0.25) is 0 Å². The molecule has 100 valence electrons. The molecule has 0 aliphatic rings. The number of halogens is 3. The zero-order valence-electron chi connectivity index (χ0n) is 9.59. The van der Waals surface area contributed by atoms with Gasteiger partial charge in [-0.15, -0.1) is 0 Å². The molecule has 0 aromatic carbocycles. The first kappa shape index (κ1) is 15.7. The summed E-state index contributed by atoms with van der Waals surface area (Å²) in [6.07, 6.45) is -3.46. The van der Waals surface area contributed by atoms with Crippen molar-refractivity contribution in [1.82, 2.24) is 4.90 Å². The van der Waals surface area contributed by atoms with E-state index < -0.39 is 31.0 Å². The SMILES string of the molecule is CCCCCN(CCC(=O)O)C(=O)C(F)(F)F. The minimum atomic E-state index is -4.94. The van der Waals surface area contributed by atoms with Crippen LogP contribution >= 0.6 is 0 Å². The number of carbonyl (C=O) groups excluding carboxylic acids is 1. The van der Waals surface area contributed by atoms with Crippen molar-refractivity contribution in [3.8, 4) is 0 Å². The highest BCUT2D eigenvalue weighted by molar-refractivity contribution is 5.82. The minimum absolute atomic E-state index is 0.0561. The van der Waals surface area contributed by atoms with Gasteiger partial charge in [-0.2, -0.15) is 13.2 Å². The van der Waals surface area contributed by atoms with Gasteiger partial charge in [0.25, 0.3) is 0 Å². The summed E-state index contributed by atoms with van der Waals surface area (Å²) in [5.74, 6) is -3.18. The third-order valence-electron chi connectivity index (χ3n) is 2.16. The Hall–Kier alpha value is -1.27. The van der Waals surface area contributed by atoms with Crippen LogP contribution in [-0.2, 0) is 9.59 Å². The first-order valence-corrected chi connectivity index (χ1v) is 5.37. The Morgan fingerprint density at radius 1 is 1.18 bits per heavy atom. The summed E-state index contributed by atoms with van der Waals surface area (Å²) in [6, 6.07) is 0. The predicted octanol–water partition coefficient (Wildman–Crippen LogP) is 2.04. The lowest BCUT2D eigenvalue weighted by Crippen LogP contribution is -2.42. The fraction of sp³-hybridized carbons (Fsp3) is 0.800. The Balaban J connectivity index is 4.38. The first-order valence-electron chi connectivity index (χ1n) is 5.37. The highest BCUT2D eigenvalue weighted by Gasteiger charge is 2.42. The van der Waals surface area contributed by atoms with Gasteiger partial charge in [-0.05, 0) is 6.42 Å². The Morgan fingerprint density at radius 3 is 2.18 bits per heavy atom. The summed E-state index contributed by atoms with van der Waals surface area (Å²) in [5.41, 5.74) is 0. The van der Waals surface area contributed by atoms with E-state index in [9.17, 15) is 22.8 Å². The third kappa shape index (κ3) is 6.80. The molecule has 0 rings (SSSR count). The summed E-state index contributed by atoms with van der Waals surface area (Å²) < 4.78 is 36.6. The first-order chi connectivity index (χ1) is 7.79. The van der Waals surface area contributed by atoms with E-state index in [1.54, 1.807) is 0 Å². The van der Waals surface area contributed by atoms with Crippen LogP contribution in [0, 0.1) is 0 Å². The van der Waals surface area contributed by atoms with E-state index in [0.717, 1.165) is 6.42 Å². The van der Waals surface area contributed by atoms with Gasteiger partial charge in [0, 0.05) is 13.1 Å². The number of nitrogens with zero attached hydrogens (tertiary/aromatic N) is 1. The molecule has 0 heterocycles. The van der Waals surface area contributed by atoms with Crippen molar-refractivity contribution in [3.63, 3.8) is 0 Å². The molecule has 0 aromatic heterocycles. The molecule has 0 aromatic rings. The number of carbonyl (C=O) groups is 2. The van der Waals surface area contributed by atoms with Crippen LogP contribution in [0.4, 0.5) is 13.2 Å². The fourth-order valence-electron chi connectivity index (χ4n) is 1.28. The van der Waals surface area contributed by atoms with Gasteiger partial charge in [-0.25, -0.2) is 0 Å². The monoisotopic (exact) mass is 255 g/mol. The van der Waals surface area contributed by atoms with E-state index in [-0.39, 0.29) is 6.54 Å². The Bertz CT molecular complexity index is 266. The van der Waals surface area contributed by atoms with Gasteiger partial charge < -0.3 is 10.0 Å². The number of alkyl halides is 3. The van der Waals surface area contributed by atoms with Gasteiger partial charge in [0.15, 0.2) is 0 Å². The molecular weight excluding hydrogens is 239 g/mol. The summed E-state index contributed by atoms with van der Waals surface area (Å²) in [5, 5.41) is 8.40. The smallest absolute Gasteiger partial charge is 0.471 e. The third-order valence-corrected chi connectivity index (χ3v) is 2.16. The van der Waals surface area contributed by atoms with Gasteiger partial charge in [0.05, 0.1) is 6.42 Å². The van der Waals surface area contributed by atoms with E-state index in [2.05, 4.69) is 0 Å². The lowest BCUT2D eigenvalue weighted by molar-refractivity contribution is -0.185. The second-order valence-electron chi connectivity index (χ2n) is 3.64. The van der Waals surface area contributed by atoms with Crippen molar-refractivity contribution in [3.05, 3.63) is 0 Å². The van der Waals surface area contributed by atoms with Crippen molar-refractivity contribution in [2.24, 2.45) is 0 Å². The Kier molecular flexibility index (Phi) is 6.60. The van der Waals surface area contributed by atoms with Crippen molar-refractivity contribution < 1.29 is 27.9 Å². The molecule has 0 unspecified atom stereocenters. The molecule has 1 amide bonds. The molecule has 0 atom stereocenters. The van der Waals surface area contributed by atoms with Crippen molar-refractivity contribution in [1.29, 1.82) is 0 Å². The number of hydrogen-bond donors (Lipinski definition) is 1. The molecule has 0 bridgehead atoms. The predicted molar refractivity (Wildman–Crippen MR) is 54.4 cm³/mol. The topological polar surface area (TPSA) is 57.6 Å². The Labute approximate surface area is 97.4 Å². The highest BCUT2D eigenvalue weighted by atomic mass is 19.4. The van der Waals surface area contributed by atoms with Crippen LogP contribution < -0.4 is 0 Å². The van der Waals surface area contributed by atoms with Crippen LogP contribution in [0.3, 0.4) is 0 Å². The van der Waals surface area contributed by atoms with Gasteiger partial charge in [-0.1, -0.05) is 19.8 Å². The molecule has 0 saturated heterocycles. The molecule has 7 heteroatoms. The van der Waals surface area contributed by atoms with Crippen LogP contribution in [-0.4, -0.2) is 41.1 Å². The number of carboxylic acid groups (broad SMARTS) is 1. The number of unbranched alkanes of at least 4 members (excludes halogenated alkanes) is 2. The molecule has 0 aliphatic heterocycles. The zero-order valence-corrected chi connectivity index (χ0v) is 9.59. The average molecular weight is 255 g/mol. The molecule has 0 aliphatic carbocycles. The maximum atomic E-state index is 12.2. The molecule has 0 saturated carbocycles. The van der Waals surface area contributed by atoms with Gasteiger partial charge in [-0.3, -0.25) is 9.59 Å². The molecule has 1 N–H and O–H groups in total. The standard InChI is InChI=1S/C10H16F3NO3/c1-2-3-4-6-14(7-5-8(15)16)9(17)10(11,12)13/h2-7H2,1H3,(H,15,16). The normalized spacial score (nSPS) is 11.3. The second-order valence-corrected chi connectivity index (χ2v) is 3.64. The second kappa shape index (κ2) is 7.13. The lowest BCUT2D eigenvalue weighted by atomic mass is 10.2. The number of hydrogen-bond acceptors (Lipinski definition) is 2. The molecule has 4 nitrogen and oxygen atoms in total. The average Bonchev–Trinajstić information content (AvgIpc) is 2.20. The Morgan fingerprint density at radius 2 is 1.76 bits per heavy atom. The van der Waals surface area contributed by atoms with E-state index in [1.165, 1.54) is 0 Å². The molecular formula is C10H16F3NO3. The highest BCUT2D eigenvalue weighted by Crippen LogP contribution is 2.19. The van der Waals surface area contributed by atoms with Crippen molar-refractivity contribution in [2.75, 3.05) is 13.1 Å². The maximum Gasteiger partial charge on any atom is 0.471 e. The number of rotatable bonds is 7. The van der Waals surface area contributed by atoms with E-state index in [1.807, 2.05) is 6.92 Å². The quantitative estimate of drug-likeness (QED) is 0.708. The summed E-state index contributed by atoms with van der Waals surface area (Å²) >= 11 is 0. The van der Waals surface area contributed by atoms with E-state index in [4.69, 9.17) is 5.11 Å². The van der Waals surface area contributed by atoms with Gasteiger partial charge >= 0.3 is 18.1 Å². The summed E-state index contributed by atoms with van der Waals surface area (Å²) in [4.78, 5) is 21.8. The molecule has 17 heavy (non-hydrogen) atoms. The van der Waals surface area contributed by atoms with Gasteiger partial charge in [0.1, 0.15) is 0 Å². The van der Waals surface area contributed by atoms with Crippen molar-refractivity contribution in [2.45, 2.75) is 38.8 Å². The van der Waals surface area contributed by atoms with E-state index >= 15 is 0 Å². The number of amides is 1. The number of carboxylic acids is 1. The summed E-state index contributed by atoms with van der Waals surface area (Å²) in [7, 11) is 0. The van der Waals surface area contributed by atoms with Crippen LogP contribution in [0.15, 0.2) is 0 Å². The maximum absolute atomic E-state index is 12.2. The largest absolute Gasteiger partial charge is 0.481 e. The molecule has 0 fully saturated rings. The van der Waals surface area contributed by atoms with E-state index in [0.29, 0.717) is 17.7 Å². The molecule has 0 spiro atoms. The van der Waals surface area contributed by atoms with Crippen LogP contribution in [0.1, 0.15) is 32.6 Å². The zero-order chi connectivity index (χ0) is 13.5. The van der Waals surface area contributed by atoms with Crippen LogP contribution in [0.25, 0.3) is 0 Å². The molecule has 0 radical (unpaired) electrons. The summed E-state index contributed by atoms with van der Waals surface area (Å²) in [6.45, 7) is 1.42. The van der Waals surface area contributed by atoms with Gasteiger partial charge in [0.2, 0.25) is 0 Å². The lowest BCUT2D eigenvalue weighted by Gasteiger charge is -2.22. The van der Waals surface area contributed by atoms with Crippen molar-refractivity contribution >= 4 is 11.9 Å². The fourth-order valence-corrected chi connectivity index (χ4v) is 1.28. The van der Waals surface area contributed by atoms with Crippen LogP contribution in [0.5, 0.6) is 0 Å². The number of aliphatic carboxylic acids is 1.